The standard InChI is InChI=1S/C7H13N3.2ClH/c1-5-6(2)10(3)7(4-8)9-5;;/h4,8H2,1-3H3;2*1H. The number of nitrogens with two attached hydrogens (primary N) is 1. The molecule has 0 aliphatic carbocycles. The lowest BCUT2D eigenvalue weighted by molar-refractivity contribution is 0.774. The lowest BCUT2D eigenvalue weighted by Crippen LogP contribution is -2.05. The molecule has 1 aromatic heterocycles. The molecule has 1 rings (SSSR count). The molecule has 0 saturated heterocycles. The molecular formula is C7H15Cl2N3. The summed E-state index contributed by atoms with van der Waals surface area (Å²) in [5.41, 5.74) is 7.72. The highest BCUT2D eigenvalue weighted by atomic mass is 35.5. The lowest BCUT2D eigenvalue weighted by Gasteiger charge is -1.97. The SMILES string of the molecule is Cc1nc(CN)n(C)c1C.Cl.Cl. The normalized spacial score (nSPS) is 8.67. The second kappa shape index (κ2) is 5.41. The Morgan fingerprint density at radius 3 is 2.00 bits per heavy atom. The van der Waals surface area contributed by atoms with Crippen molar-refractivity contribution in [3.8, 4) is 0 Å². The van der Waals surface area contributed by atoms with Crippen LogP contribution in [0.1, 0.15) is 17.2 Å². The Morgan fingerprint density at radius 2 is 1.83 bits per heavy atom. The first-order chi connectivity index (χ1) is 4.66. The Bertz CT molecular complexity index is 245. The summed E-state index contributed by atoms with van der Waals surface area (Å²) in [6.45, 7) is 4.56. The van der Waals surface area contributed by atoms with Gasteiger partial charge in [0.1, 0.15) is 5.82 Å². The largest absolute Gasteiger partial charge is 0.334 e. The molecule has 0 radical (unpaired) electrons. The number of rotatable bonds is 1. The van der Waals surface area contributed by atoms with E-state index >= 15 is 0 Å². The third-order valence-electron chi connectivity index (χ3n) is 1.89. The summed E-state index contributed by atoms with van der Waals surface area (Å²) in [5.74, 6) is 0.954. The first kappa shape index (κ1) is 14.3. The van der Waals surface area contributed by atoms with Crippen LogP contribution < -0.4 is 5.73 Å². The molecule has 0 atom stereocenters. The Kier molecular flexibility index (Phi) is 6.43. The van der Waals surface area contributed by atoms with Gasteiger partial charge in [-0.15, -0.1) is 24.8 Å². The van der Waals surface area contributed by atoms with Crippen LogP contribution in [-0.4, -0.2) is 9.55 Å². The van der Waals surface area contributed by atoms with Gasteiger partial charge in [-0.25, -0.2) is 4.98 Å². The van der Waals surface area contributed by atoms with Crippen molar-refractivity contribution in [1.82, 2.24) is 9.55 Å². The molecule has 1 aromatic rings. The van der Waals surface area contributed by atoms with Gasteiger partial charge in [0.2, 0.25) is 0 Å². The van der Waals surface area contributed by atoms with Crippen molar-refractivity contribution in [2.45, 2.75) is 20.4 Å². The second-order valence-corrected chi connectivity index (χ2v) is 2.46. The third-order valence-corrected chi connectivity index (χ3v) is 1.89. The predicted octanol–water partition coefficient (Wildman–Crippen LogP) is 1.34. The second-order valence-electron chi connectivity index (χ2n) is 2.46. The number of aryl methyl sites for hydroxylation is 1. The summed E-state index contributed by atoms with van der Waals surface area (Å²) in [6, 6.07) is 0. The molecule has 0 spiro atoms. The van der Waals surface area contributed by atoms with Crippen molar-refractivity contribution >= 4 is 24.8 Å². The molecule has 0 aromatic carbocycles. The van der Waals surface area contributed by atoms with Gasteiger partial charge in [0, 0.05) is 12.7 Å². The van der Waals surface area contributed by atoms with E-state index in [1.165, 1.54) is 5.69 Å². The minimum atomic E-state index is 0. The summed E-state index contributed by atoms with van der Waals surface area (Å²) in [7, 11) is 1.98. The Hall–Kier alpha value is -0.250. The molecule has 0 aliphatic heterocycles. The fourth-order valence-electron chi connectivity index (χ4n) is 0.968. The van der Waals surface area contributed by atoms with Gasteiger partial charge in [-0.05, 0) is 13.8 Å². The maximum absolute atomic E-state index is 5.45. The van der Waals surface area contributed by atoms with Crippen LogP contribution >= 0.6 is 24.8 Å². The molecule has 0 fully saturated rings. The first-order valence-electron chi connectivity index (χ1n) is 3.35. The number of hydrogen-bond acceptors (Lipinski definition) is 2. The van der Waals surface area contributed by atoms with Crippen LogP contribution in [0.5, 0.6) is 0 Å². The fourth-order valence-corrected chi connectivity index (χ4v) is 0.968. The van der Waals surface area contributed by atoms with Crippen molar-refractivity contribution in [2.24, 2.45) is 12.8 Å². The zero-order valence-corrected chi connectivity index (χ0v) is 9.13. The number of nitrogens with zero attached hydrogens (tertiary/aromatic N) is 2. The van der Waals surface area contributed by atoms with Gasteiger partial charge in [-0.1, -0.05) is 0 Å². The van der Waals surface area contributed by atoms with Crippen LogP contribution in [0.3, 0.4) is 0 Å². The average Bonchev–Trinajstić information content (AvgIpc) is 2.17. The summed E-state index contributed by atoms with van der Waals surface area (Å²) in [6.07, 6.45) is 0. The average molecular weight is 212 g/mol. The van der Waals surface area contributed by atoms with E-state index in [-0.39, 0.29) is 24.8 Å². The molecule has 1 heterocycles. The van der Waals surface area contributed by atoms with Crippen molar-refractivity contribution < 1.29 is 0 Å². The maximum atomic E-state index is 5.45. The first-order valence-corrected chi connectivity index (χ1v) is 3.35. The minimum Gasteiger partial charge on any atom is -0.334 e. The van der Waals surface area contributed by atoms with E-state index in [0.717, 1.165) is 11.5 Å². The molecule has 0 bridgehead atoms. The van der Waals surface area contributed by atoms with E-state index < -0.39 is 0 Å². The van der Waals surface area contributed by atoms with E-state index in [4.69, 9.17) is 5.73 Å². The van der Waals surface area contributed by atoms with Gasteiger partial charge >= 0.3 is 0 Å². The van der Waals surface area contributed by atoms with E-state index in [9.17, 15) is 0 Å². The zero-order valence-electron chi connectivity index (χ0n) is 7.50. The minimum absolute atomic E-state index is 0. The van der Waals surface area contributed by atoms with Gasteiger partial charge in [-0.2, -0.15) is 0 Å². The predicted molar refractivity (Wildman–Crippen MR) is 55.1 cm³/mol. The highest BCUT2D eigenvalue weighted by molar-refractivity contribution is 5.85. The van der Waals surface area contributed by atoms with Gasteiger partial charge < -0.3 is 10.3 Å². The van der Waals surface area contributed by atoms with E-state index in [0.29, 0.717) is 6.54 Å². The molecule has 12 heavy (non-hydrogen) atoms. The van der Waals surface area contributed by atoms with E-state index in [1.54, 1.807) is 0 Å². The Morgan fingerprint density at radius 1 is 1.33 bits per heavy atom. The topological polar surface area (TPSA) is 43.8 Å². The Balaban J connectivity index is 0. The number of imidazole rings is 1. The van der Waals surface area contributed by atoms with Gasteiger partial charge in [0.25, 0.3) is 0 Å². The zero-order chi connectivity index (χ0) is 7.72. The summed E-state index contributed by atoms with van der Waals surface area (Å²) in [5, 5.41) is 0. The third kappa shape index (κ3) is 2.37. The molecule has 0 saturated carbocycles. The van der Waals surface area contributed by atoms with E-state index in [1.807, 2.05) is 25.5 Å². The maximum Gasteiger partial charge on any atom is 0.122 e. The molecule has 3 nitrogen and oxygen atoms in total. The molecule has 0 aliphatic rings. The molecular weight excluding hydrogens is 197 g/mol. The summed E-state index contributed by atoms with van der Waals surface area (Å²) < 4.78 is 2.02. The van der Waals surface area contributed by atoms with Crippen molar-refractivity contribution in [3.05, 3.63) is 17.2 Å². The van der Waals surface area contributed by atoms with Crippen molar-refractivity contribution in [1.29, 1.82) is 0 Å². The van der Waals surface area contributed by atoms with Crippen molar-refractivity contribution in [3.63, 3.8) is 0 Å². The number of aromatic nitrogens is 2. The van der Waals surface area contributed by atoms with Crippen LogP contribution in [0, 0.1) is 13.8 Å². The summed E-state index contributed by atoms with van der Waals surface area (Å²) in [4.78, 5) is 4.27. The number of hydrogen-bond donors (Lipinski definition) is 1. The highest BCUT2D eigenvalue weighted by Crippen LogP contribution is 2.06. The van der Waals surface area contributed by atoms with Gasteiger partial charge in [0.05, 0.1) is 12.2 Å². The Labute approximate surface area is 85.2 Å². The molecule has 0 unspecified atom stereocenters. The summed E-state index contributed by atoms with van der Waals surface area (Å²) >= 11 is 0. The van der Waals surface area contributed by atoms with Crippen LogP contribution in [0.15, 0.2) is 0 Å². The monoisotopic (exact) mass is 211 g/mol. The highest BCUT2D eigenvalue weighted by Gasteiger charge is 2.03. The number of halogens is 2. The van der Waals surface area contributed by atoms with Crippen LogP contribution in [-0.2, 0) is 13.6 Å². The quantitative estimate of drug-likeness (QED) is 0.763. The van der Waals surface area contributed by atoms with Crippen LogP contribution in [0.2, 0.25) is 0 Å². The van der Waals surface area contributed by atoms with Crippen molar-refractivity contribution in [2.75, 3.05) is 0 Å². The van der Waals surface area contributed by atoms with E-state index in [2.05, 4.69) is 4.98 Å². The van der Waals surface area contributed by atoms with Gasteiger partial charge in [-0.3, -0.25) is 0 Å². The molecule has 72 valence electrons. The lowest BCUT2D eigenvalue weighted by atomic mass is 10.4. The molecule has 5 heteroatoms. The van der Waals surface area contributed by atoms with Crippen LogP contribution in [0.4, 0.5) is 0 Å². The van der Waals surface area contributed by atoms with Gasteiger partial charge in [0.15, 0.2) is 0 Å². The molecule has 2 N–H and O–H groups in total. The smallest absolute Gasteiger partial charge is 0.122 e. The molecule has 0 amide bonds. The fraction of sp³-hybridized carbons (Fsp3) is 0.571. The van der Waals surface area contributed by atoms with Crippen LogP contribution in [0.25, 0.3) is 0 Å².